The zero-order chi connectivity index (χ0) is 21.7. The normalized spacial score (nSPS) is 11.3. The van der Waals surface area contributed by atoms with Crippen LogP contribution in [0.4, 0.5) is 0 Å². The second-order valence-corrected chi connectivity index (χ2v) is 8.18. The molecule has 0 amide bonds. The minimum atomic E-state index is -0.310. The Balaban J connectivity index is 1.77. The fourth-order valence-corrected chi connectivity index (χ4v) is 4.20. The van der Waals surface area contributed by atoms with Crippen LogP contribution in [0.3, 0.4) is 0 Å². The molecule has 0 aliphatic rings. The van der Waals surface area contributed by atoms with Crippen LogP contribution in [0.2, 0.25) is 10.0 Å². The molecule has 0 spiro atoms. The highest BCUT2D eigenvalue weighted by molar-refractivity contribution is 6.34. The standard InChI is InChI=1S/C24H15Cl2N3O2/c1-14-3-2-4-17(9-14)28-7-5-21-19(23(28)30)13-20-22(27-21)6-8-29(24(20)31)18-11-15(25)10-16(26)12-18/h2-13H,1H3. The molecule has 0 fully saturated rings. The van der Waals surface area contributed by atoms with E-state index in [1.165, 1.54) is 4.57 Å². The average Bonchev–Trinajstić information content (AvgIpc) is 2.73. The molecule has 0 aliphatic carbocycles. The summed E-state index contributed by atoms with van der Waals surface area (Å²) in [6.45, 7) is 1.97. The van der Waals surface area contributed by atoms with Gasteiger partial charge in [0.15, 0.2) is 0 Å². The summed E-state index contributed by atoms with van der Waals surface area (Å²) in [5.41, 5.74) is 2.83. The summed E-state index contributed by atoms with van der Waals surface area (Å²) in [4.78, 5) is 31.0. The summed E-state index contributed by atoms with van der Waals surface area (Å²) in [5, 5.41) is 1.56. The van der Waals surface area contributed by atoms with Crippen LogP contribution in [-0.4, -0.2) is 14.1 Å². The molecule has 0 atom stereocenters. The van der Waals surface area contributed by atoms with Crippen LogP contribution >= 0.6 is 23.2 Å². The lowest BCUT2D eigenvalue weighted by Crippen LogP contribution is -2.20. The molecule has 0 saturated heterocycles. The van der Waals surface area contributed by atoms with Gasteiger partial charge in [-0.15, -0.1) is 0 Å². The van der Waals surface area contributed by atoms with Gasteiger partial charge in [-0.2, -0.15) is 0 Å². The molecule has 31 heavy (non-hydrogen) atoms. The summed E-state index contributed by atoms with van der Waals surface area (Å²) in [6.07, 6.45) is 3.33. The van der Waals surface area contributed by atoms with E-state index in [4.69, 9.17) is 23.2 Å². The first kappa shape index (κ1) is 19.5. The molecule has 5 nitrogen and oxygen atoms in total. The second-order valence-electron chi connectivity index (χ2n) is 7.30. The Bertz CT molecular complexity index is 1600. The third-order valence-corrected chi connectivity index (χ3v) is 5.58. The van der Waals surface area contributed by atoms with Gasteiger partial charge in [-0.05, 0) is 61.0 Å². The van der Waals surface area contributed by atoms with E-state index in [1.54, 1.807) is 53.4 Å². The average molecular weight is 448 g/mol. The fraction of sp³-hybridized carbons (Fsp3) is 0.0417. The number of pyridine rings is 3. The Kier molecular flexibility index (Phi) is 4.65. The maximum atomic E-state index is 13.2. The molecule has 3 aromatic heterocycles. The summed E-state index contributed by atoms with van der Waals surface area (Å²) >= 11 is 12.2. The van der Waals surface area contributed by atoms with Crippen LogP contribution in [0.5, 0.6) is 0 Å². The molecule has 5 aromatic rings. The molecule has 5 rings (SSSR count). The number of hydrogen-bond acceptors (Lipinski definition) is 3. The molecule has 3 heterocycles. The van der Waals surface area contributed by atoms with E-state index in [0.29, 0.717) is 37.5 Å². The molecule has 0 bridgehead atoms. The van der Waals surface area contributed by atoms with E-state index < -0.39 is 0 Å². The predicted molar refractivity (Wildman–Crippen MR) is 125 cm³/mol. The number of rotatable bonds is 2. The van der Waals surface area contributed by atoms with Crippen molar-refractivity contribution >= 4 is 45.0 Å². The van der Waals surface area contributed by atoms with Crippen molar-refractivity contribution < 1.29 is 0 Å². The van der Waals surface area contributed by atoms with Crippen LogP contribution in [0, 0.1) is 6.92 Å². The Hall–Kier alpha value is -3.41. The molecular weight excluding hydrogens is 433 g/mol. The van der Waals surface area contributed by atoms with Gasteiger partial charge in [0.05, 0.1) is 27.5 Å². The van der Waals surface area contributed by atoms with E-state index in [2.05, 4.69) is 4.98 Å². The van der Waals surface area contributed by atoms with Crippen molar-refractivity contribution in [2.75, 3.05) is 0 Å². The Labute approximate surface area is 186 Å². The lowest BCUT2D eigenvalue weighted by Gasteiger charge is -2.10. The first-order valence-electron chi connectivity index (χ1n) is 9.52. The van der Waals surface area contributed by atoms with Gasteiger partial charge in [-0.3, -0.25) is 18.7 Å². The third-order valence-electron chi connectivity index (χ3n) is 5.15. The highest BCUT2D eigenvalue weighted by Gasteiger charge is 2.12. The zero-order valence-corrected chi connectivity index (χ0v) is 17.9. The zero-order valence-electron chi connectivity index (χ0n) is 16.3. The molecular formula is C24H15Cl2N3O2. The van der Waals surface area contributed by atoms with Crippen molar-refractivity contribution in [1.82, 2.24) is 14.1 Å². The SMILES string of the molecule is Cc1cccc(-n2ccc3nc4ccn(-c5cc(Cl)cc(Cl)c5)c(=O)c4cc3c2=O)c1. The molecule has 0 aliphatic heterocycles. The van der Waals surface area contributed by atoms with Crippen LogP contribution in [0.1, 0.15) is 5.56 Å². The van der Waals surface area contributed by atoms with Gasteiger partial charge in [-0.1, -0.05) is 35.3 Å². The highest BCUT2D eigenvalue weighted by atomic mass is 35.5. The van der Waals surface area contributed by atoms with Crippen molar-refractivity contribution in [1.29, 1.82) is 0 Å². The van der Waals surface area contributed by atoms with E-state index in [-0.39, 0.29) is 11.1 Å². The lowest BCUT2D eigenvalue weighted by molar-refractivity contribution is 0.998. The molecule has 7 heteroatoms. The van der Waals surface area contributed by atoms with Gasteiger partial charge < -0.3 is 0 Å². The summed E-state index contributed by atoms with van der Waals surface area (Å²) < 4.78 is 3.00. The van der Waals surface area contributed by atoms with E-state index in [9.17, 15) is 9.59 Å². The molecule has 0 unspecified atom stereocenters. The topological polar surface area (TPSA) is 56.9 Å². The number of aryl methyl sites for hydroxylation is 1. The minimum absolute atomic E-state index is 0.238. The minimum Gasteiger partial charge on any atom is -0.284 e. The van der Waals surface area contributed by atoms with Gasteiger partial charge in [0.25, 0.3) is 11.1 Å². The number of hydrogen-bond donors (Lipinski definition) is 0. The summed E-state index contributed by atoms with van der Waals surface area (Å²) in [7, 11) is 0. The first-order chi connectivity index (χ1) is 14.9. The van der Waals surface area contributed by atoms with E-state index in [0.717, 1.165) is 11.3 Å². The Morgan fingerprint density at radius 3 is 1.87 bits per heavy atom. The maximum absolute atomic E-state index is 13.2. The molecule has 2 aromatic carbocycles. The second kappa shape index (κ2) is 7.38. The highest BCUT2D eigenvalue weighted by Crippen LogP contribution is 2.22. The van der Waals surface area contributed by atoms with Crippen molar-refractivity contribution in [2.45, 2.75) is 6.92 Å². The number of nitrogens with zero attached hydrogens (tertiary/aromatic N) is 3. The van der Waals surface area contributed by atoms with Crippen LogP contribution in [0.15, 0.2) is 82.6 Å². The molecule has 0 saturated carbocycles. The number of aromatic nitrogens is 3. The van der Waals surface area contributed by atoms with Gasteiger partial charge in [0.1, 0.15) is 0 Å². The van der Waals surface area contributed by atoms with Gasteiger partial charge in [-0.25, -0.2) is 4.98 Å². The molecule has 0 radical (unpaired) electrons. The van der Waals surface area contributed by atoms with Crippen molar-refractivity contribution in [2.24, 2.45) is 0 Å². The molecule has 152 valence electrons. The molecule has 0 N–H and O–H groups in total. The number of fused-ring (bicyclic) bond motifs is 2. The largest absolute Gasteiger partial charge is 0.284 e. The van der Waals surface area contributed by atoms with Crippen molar-refractivity contribution in [3.63, 3.8) is 0 Å². The quantitative estimate of drug-likeness (QED) is 0.344. The smallest absolute Gasteiger partial charge is 0.264 e. The van der Waals surface area contributed by atoms with Gasteiger partial charge >= 0.3 is 0 Å². The maximum Gasteiger partial charge on any atom is 0.264 e. The third kappa shape index (κ3) is 3.42. The van der Waals surface area contributed by atoms with Crippen LogP contribution < -0.4 is 11.1 Å². The summed E-state index contributed by atoms with van der Waals surface area (Å²) in [6, 6.07) is 17.7. The van der Waals surface area contributed by atoms with Crippen molar-refractivity contribution in [3.8, 4) is 11.4 Å². The van der Waals surface area contributed by atoms with E-state index in [1.807, 2.05) is 31.2 Å². The van der Waals surface area contributed by atoms with Gasteiger partial charge in [0, 0.05) is 28.1 Å². The summed E-state index contributed by atoms with van der Waals surface area (Å²) in [5.74, 6) is 0. The first-order valence-corrected chi connectivity index (χ1v) is 10.3. The predicted octanol–water partition coefficient (Wildman–Crippen LogP) is 5.31. The number of benzene rings is 2. The van der Waals surface area contributed by atoms with Gasteiger partial charge in [0.2, 0.25) is 0 Å². The monoisotopic (exact) mass is 447 g/mol. The Morgan fingerprint density at radius 1 is 0.710 bits per heavy atom. The van der Waals surface area contributed by atoms with Crippen LogP contribution in [-0.2, 0) is 0 Å². The number of halogens is 2. The lowest BCUT2D eigenvalue weighted by atomic mass is 10.1. The van der Waals surface area contributed by atoms with E-state index >= 15 is 0 Å². The van der Waals surface area contributed by atoms with Crippen molar-refractivity contribution in [3.05, 3.63) is 109 Å². The fourth-order valence-electron chi connectivity index (χ4n) is 3.69. The van der Waals surface area contributed by atoms with Crippen LogP contribution in [0.25, 0.3) is 33.2 Å². The Morgan fingerprint density at radius 2 is 1.29 bits per heavy atom.